The van der Waals surface area contributed by atoms with E-state index in [-0.39, 0.29) is 11.3 Å². The van der Waals surface area contributed by atoms with Crippen LogP contribution < -0.4 is 5.32 Å². The first-order valence-electron chi connectivity index (χ1n) is 7.18. The molecule has 0 saturated heterocycles. The molecular weight excluding hydrogens is 248 g/mol. The molecule has 2 atom stereocenters. The molecule has 0 bridgehead atoms. The third kappa shape index (κ3) is 3.68. The van der Waals surface area contributed by atoms with Gasteiger partial charge in [-0.1, -0.05) is 13.3 Å². The van der Waals surface area contributed by atoms with Gasteiger partial charge in [0.1, 0.15) is 0 Å². The molecule has 106 valence electrons. The molecule has 0 aromatic rings. The number of hydrogen-bond donors (Lipinski definition) is 1. The first kappa shape index (κ1) is 14.3. The quantitative estimate of drug-likeness (QED) is 0.753. The molecular formula is C13H26N2O2S. The lowest BCUT2D eigenvalue weighted by Crippen LogP contribution is -2.43. The molecule has 5 heteroatoms. The van der Waals surface area contributed by atoms with E-state index in [1.54, 1.807) is 0 Å². The van der Waals surface area contributed by atoms with Crippen LogP contribution >= 0.6 is 0 Å². The minimum atomic E-state index is -2.89. The molecule has 0 spiro atoms. The summed E-state index contributed by atoms with van der Waals surface area (Å²) in [5.74, 6) is 0. The zero-order valence-electron chi connectivity index (χ0n) is 11.6. The Morgan fingerprint density at radius 2 is 1.94 bits per heavy atom. The molecule has 0 radical (unpaired) electrons. The van der Waals surface area contributed by atoms with Crippen LogP contribution in [0.3, 0.4) is 0 Å². The minimum Gasteiger partial charge on any atom is -0.311 e. The smallest absolute Gasteiger partial charge is 0.151 e. The standard InChI is InChI=1S/C13H26N2O2S/c1-3-15(11-7-8-11)10-9-14-12-5-4-6-13(12)18(2,16)17/h11-14H,3-10H2,1-2H3. The number of likely N-dealkylation sites (N-methyl/N-ethyl adjacent to an activating group) is 1. The fourth-order valence-corrected chi connectivity index (χ4v) is 4.53. The van der Waals surface area contributed by atoms with Crippen LogP contribution in [0.4, 0.5) is 0 Å². The SMILES string of the molecule is CCN(CCNC1CCCC1S(C)(=O)=O)C1CC1. The molecule has 2 unspecified atom stereocenters. The van der Waals surface area contributed by atoms with Crippen molar-refractivity contribution in [3.63, 3.8) is 0 Å². The maximum Gasteiger partial charge on any atom is 0.151 e. The summed E-state index contributed by atoms with van der Waals surface area (Å²) in [7, 11) is -2.89. The van der Waals surface area contributed by atoms with Crippen molar-refractivity contribution in [1.82, 2.24) is 10.2 Å². The van der Waals surface area contributed by atoms with Crippen LogP contribution in [0.15, 0.2) is 0 Å². The summed E-state index contributed by atoms with van der Waals surface area (Å²) in [6.07, 6.45) is 6.92. The molecule has 0 aromatic carbocycles. The summed E-state index contributed by atoms with van der Waals surface area (Å²) in [5.41, 5.74) is 0. The van der Waals surface area contributed by atoms with Gasteiger partial charge in [0.05, 0.1) is 5.25 Å². The average Bonchev–Trinajstić information content (AvgIpc) is 3.01. The summed E-state index contributed by atoms with van der Waals surface area (Å²) < 4.78 is 23.3. The summed E-state index contributed by atoms with van der Waals surface area (Å²) in [4.78, 5) is 2.50. The van der Waals surface area contributed by atoms with Crippen molar-refractivity contribution in [3.05, 3.63) is 0 Å². The van der Waals surface area contributed by atoms with Crippen molar-refractivity contribution in [2.75, 3.05) is 25.9 Å². The van der Waals surface area contributed by atoms with Crippen molar-refractivity contribution in [2.45, 2.75) is 56.4 Å². The first-order chi connectivity index (χ1) is 8.52. The van der Waals surface area contributed by atoms with Crippen LogP contribution in [0, 0.1) is 0 Å². The van der Waals surface area contributed by atoms with Gasteiger partial charge in [0, 0.05) is 31.4 Å². The van der Waals surface area contributed by atoms with Gasteiger partial charge in [-0.3, -0.25) is 4.90 Å². The second-order valence-corrected chi connectivity index (χ2v) is 7.98. The molecule has 0 aliphatic heterocycles. The van der Waals surface area contributed by atoms with E-state index < -0.39 is 9.84 Å². The molecule has 0 amide bonds. The second kappa shape index (κ2) is 5.88. The molecule has 0 aromatic heterocycles. The fourth-order valence-electron chi connectivity index (χ4n) is 3.10. The molecule has 2 rings (SSSR count). The highest BCUT2D eigenvalue weighted by Crippen LogP contribution is 2.27. The van der Waals surface area contributed by atoms with Gasteiger partial charge in [-0.25, -0.2) is 8.42 Å². The van der Waals surface area contributed by atoms with Gasteiger partial charge in [0.25, 0.3) is 0 Å². The van der Waals surface area contributed by atoms with E-state index in [1.165, 1.54) is 19.1 Å². The number of nitrogens with one attached hydrogen (secondary N) is 1. The summed E-state index contributed by atoms with van der Waals surface area (Å²) in [6.45, 7) is 5.27. The van der Waals surface area contributed by atoms with Crippen LogP contribution in [-0.2, 0) is 9.84 Å². The van der Waals surface area contributed by atoms with Gasteiger partial charge in [0.2, 0.25) is 0 Å². The Morgan fingerprint density at radius 1 is 1.22 bits per heavy atom. The van der Waals surface area contributed by atoms with Crippen molar-refractivity contribution < 1.29 is 8.42 Å². The summed E-state index contributed by atoms with van der Waals surface area (Å²) >= 11 is 0. The summed E-state index contributed by atoms with van der Waals surface area (Å²) in [5, 5.41) is 3.31. The maximum atomic E-state index is 11.7. The van der Waals surface area contributed by atoms with Crippen LogP contribution in [-0.4, -0.2) is 56.5 Å². The van der Waals surface area contributed by atoms with Gasteiger partial charge in [-0.2, -0.15) is 0 Å². The van der Waals surface area contributed by atoms with Crippen molar-refractivity contribution in [2.24, 2.45) is 0 Å². The van der Waals surface area contributed by atoms with E-state index >= 15 is 0 Å². The predicted octanol–water partition coefficient (Wildman–Crippen LogP) is 1.03. The highest BCUT2D eigenvalue weighted by Gasteiger charge is 2.34. The maximum absolute atomic E-state index is 11.7. The Morgan fingerprint density at radius 3 is 2.50 bits per heavy atom. The number of nitrogens with zero attached hydrogens (tertiary/aromatic N) is 1. The third-order valence-corrected chi connectivity index (χ3v) is 5.94. The number of hydrogen-bond acceptors (Lipinski definition) is 4. The Kier molecular flexibility index (Phi) is 4.67. The van der Waals surface area contributed by atoms with Crippen molar-refractivity contribution in [1.29, 1.82) is 0 Å². The second-order valence-electron chi connectivity index (χ2n) is 5.72. The van der Waals surface area contributed by atoms with Crippen molar-refractivity contribution >= 4 is 9.84 Å². The fraction of sp³-hybridized carbons (Fsp3) is 1.00. The Balaban J connectivity index is 1.75. The summed E-state index contributed by atoms with van der Waals surface area (Å²) in [6, 6.07) is 0.976. The van der Waals surface area contributed by atoms with E-state index in [1.807, 2.05) is 0 Å². The molecule has 0 heterocycles. The lowest BCUT2D eigenvalue weighted by Gasteiger charge is -2.23. The Hall–Kier alpha value is -0.130. The normalized spacial score (nSPS) is 29.1. The lowest BCUT2D eigenvalue weighted by atomic mass is 10.2. The van der Waals surface area contributed by atoms with Crippen LogP contribution in [0.1, 0.15) is 39.0 Å². The molecule has 2 aliphatic rings. The van der Waals surface area contributed by atoms with Crippen LogP contribution in [0.5, 0.6) is 0 Å². The molecule has 2 saturated carbocycles. The van der Waals surface area contributed by atoms with E-state index in [2.05, 4.69) is 17.1 Å². The van der Waals surface area contributed by atoms with Crippen LogP contribution in [0.25, 0.3) is 0 Å². The Bertz CT molecular complexity index is 365. The first-order valence-corrected chi connectivity index (χ1v) is 9.14. The van der Waals surface area contributed by atoms with Crippen molar-refractivity contribution in [3.8, 4) is 0 Å². The van der Waals surface area contributed by atoms with Gasteiger partial charge >= 0.3 is 0 Å². The van der Waals surface area contributed by atoms with Gasteiger partial charge in [0.15, 0.2) is 9.84 Å². The Labute approximate surface area is 111 Å². The predicted molar refractivity (Wildman–Crippen MR) is 74.5 cm³/mol. The highest BCUT2D eigenvalue weighted by molar-refractivity contribution is 7.91. The topological polar surface area (TPSA) is 49.4 Å². The number of rotatable bonds is 7. The van der Waals surface area contributed by atoms with E-state index in [0.29, 0.717) is 0 Å². The zero-order valence-corrected chi connectivity index (χ0v) is 12.4. The molecule has 2 aliphatic carbocycles. The van der Waals surface area contributed by atoms with E-state index in [0.717, 1.165) is 44.9 Å². The molecule has 1 N–H and O–H groups in total. The van der Waals surface area contributed by atoms with Gasteiger partial charge in [-0.15, -0.1) is 0 Å². The molecule has 18 heavy (non-hydrogen) atoms. The number of sulfone groups is 1. The molecule has 4 nitrogen and oxygen atoms in total. The highest BCUT2D eigenvalue weighted by atomic mass is 32.2. The van der Waals surface area contributed by atoms with E-state index in [4.69, 9.17) is 0 Å². The van der Waals surface area contributed by atoms with Gasteiger partial charge in [-0.05, 0) is 32.2 Å². The average molecular weight is 274 g/mol. The zero-order chi connectivity index (χ0) is 13.2. The molecule has 2 fully saturated rings. The van der Waals surface area contributed by atoms with Gasteiger partial charge < -0.3 is 5.32 Å². The van der Waals surface area contributed by atoms with Crippen LogP contribution in [0.2, 0.25) is 0 Å². The largest absolute Gasteiger partial charge is 0.311 e. The van der Waals surface area contributed by atoms with E-state index in [9.17, 15) is 8.42 Å². The lowest BCUT2D eigenvalue weighted by molar-refractivity contribution is 0.272. The monoisotopic (exact) mass is 274 g/mol. The minimum absolute atomic E-state index is 0.159. The third-order valence-electron chi connectivity index (χ3n) is 4.28.